The number of hydrogen-bond acceptors (Lipinski definition) is 3. The van der Waals surface area contributed by atoms with Crippen LogP contribution < -0.4 is 5.73 Å². The summed E-state index contributed by atoms with van der Waals surface area (Å²) in [7, 11) is 0. The monoisotopic (exact) mass is 261 g/mol. The standard InChI is InChI=1S/C13H27NO2S/c1-2-3-4-5-6-7-8-9-10-11-12-17-16-13(14)15/h2-12H2,1H3,(H2,14,15). The first kappa shape index (κ1) is 16.6. The third-order valence-electron chi connectivity index (χ3n) is 2.72. The number of unbranched alkanes of at least 4 members (excludes halogenated alkanes) is 9. The van der Waals surface area contributed by atoms with Gasteiger partial charge in [0.2, 0.25) is 0 Å². The molecule has 0 aliphatic rings. The van der Waals surface area contributed by atoms with Gasteiger partial charge in [-0.25, -0.2) is 4.79 Å². The van der Waals surface area contributed by atoms with E-state index in [0.29, 0.717) is 0 Å². The Hall–Kier alpha value is -0.380. The Morgan fingerprint density at radius 2 is 1.41 bits per heavy atom. The molecular formula is C13H27NO2S. The molecule has 0 saturated heterocycles. The molecule has 0 aromatic carbocycles. The fourth-order valence-corrected chi connectivity index (χ4v) is 2.27. The molecule has 0 heterocycles. The summed E-state index contributed by atoms with van der Waals surface area (Å²) in [6, 6.07) is 0. The van der Waals surface area contributed by atoms with E-state index in [1.54, 1.807) is 0 Å². The number of carbonyl (C=O) groups is 1. The van der Waals surface area contributed by atoms with Gasteiger partial charge in [-0.15, -0.1) is 0 Å². The van der Waals surface area contributed by atoms with Gasteiger partial charge in [-0.05, 0) is 6.42 Å². The van der Waals surface area contributed by atoms with E-state index in [1.807, 2.05) is 0 Å². The van der Waals surface area contributed by atoms with Gasteiger partial charge in [0.15, 0.2) is 0 Å². The number of primary amides is 1. The lowest BCUT2D eigenvalue weighted by molar-refractivity contribution is 0.218. The fourth-order valence-electron chi connectivity index (χ4n) is 1.75. The van der Waals surface area contributed by atoms with Crippen molar-refractivity contribution in [3.05, 3.63) is 0 Å². The molecule has 102 valence electrons. The Morgan fingerprint density at radius 1 is 0.941 bits per heavy atom. The molecule has 0 aliphatic heterocycles. The summed E-state index contributed by atoms with van der Waals surface area (Å²) in [5.41, 5.74) is 4.84. The fraction of sp³-hybridized carbons (Fsp3) is 0.923. The van der Waals surface area contributed by atoms with E-state index in [4.69, 9.17) is 5.73 Å². The van der Waals surface area contributed by atoms with Crippen LogP contribution in [-0.4, -0.2) is 11.8 Å². The second kappa shape index (κ2) is 13.7. The molecule has 3 nitrogen and oxygen atoms in total. The van der Waals surface area contributed by atoms with Crippen LogP contribution in [-0.2, 0) is 4.18 Å². The molecule has 0 spiro atoms. The highest BCUT2D eigenvalue weighted by Crippen LogP contribution is 2.12. The van der Waals surface area contributed by atoms with Crippen LogP contribution in [0.1, 0.15) is 71.1 Å². The van der Waals surface area contributed by atoms with Crippen LogP contribution >= 0.6 is 12.0 Å². The highest BCUT2D eigenvalue weighted by atomic mass is 32.2. The van der Waals surface area contributed by atoms with Crippen LogP contribution in [0.25, 0.3) is 0 Å². The van der Waals surface area contributed by atoms with Crippen LogP contribution in [0.2, 0.25) is 0 Å². The molecule has 0 rings (SSSR count). The van der Waals surface area contributed by atoms with Crippen LogP contribution in [0.15, 0.2) is 0 Å². The van der Waals surface area contributed by atoms with Gasteiger partial charge in [-0.1, -0.05) is 64.7 Å². The number of amides is 1. The van der Waals surface area contributed by atoms with Crippen LogP contribution in [0.3, 0.4) is 0 Å². The smallest absolute Gasteiger partial charge is 0.375 e. The second-order valence-electron chi connectivity index (χ2n) is 4.41. The minimum absolute atomic E-state index is 0.693. The van der Waals surface area contributed by atoms with Crippen molar-refractivity contribution < 1.29 is 8.98 Å². The molecule has 0 radical (unpaired) electrons. The van der Waals surface area contributed by atoms with Crippen molar-refractivity contribution >= 4 is 18.1 Å². The maximum atomic E-state index is 10.3. The van der Waals surface area contributed by atoms with Gasteiger partial charge in [-0.3, -0.25) is 0 Å². The minimum Gasteiger partial charge on any atom is -0.375 e. The van der Waals surface area contributed by atoms with Crippen molar-refractivity contribution in [1.82, 2.24) is 0 Å². The molecule has 0 fully saturated rings. The van der Waals surface area contributed by atoms with E-state index in [-0.39, 0.29) is 0 Å². The van der Waals surface area contributed by atoms with Crippen LogP contribution in [0.5, 0.6) is 0 Å². The summed E-state index contributed by atoms with van der Waals surface area (Å²) in [5.74, 6) is 0.861. The summed E-state index contributed by atoms with van der Waals surface area (Å²) in [4.78, 5) is 10.3. The van der Waals surface area contributed by atoms with Crippen molar-refractivity contribution in [2.24, 2.45) is 5.73 Å². The van der Waals surface area contributed by atoms with Gasteiger partial charge >= 0.3 is 6.09 Å². The summed E-state index contributed by atoms with van der Waals surface area (Å²) >= 11 is 1.16. The third-order valence-corrected chi connectivity index (χ3v) is 3.46. The van der Waals surface area contributed by atoms with Crippen molar-refractivity contribution in [3.63, 3.8) is 0 Å². The molecular weight excluding hydrogens is 234 g/mol. The van der Waals surface area contributed by atoms with E-state index in [0.717, 1.165) is 24.2 Å². The van der Waals surface area contributed by atoms with Gasteiger partial charge in [-0.2, -0.15) is 0 Å². The maximum Gasteiger partial charge on any atom is 0.416 e. The Morgan fingerprint density at radius 3 is 1.88 bits per heavy atom. The average molecular weight is 261 g/mol. The van der Waals surface area contributed by atoms with E-state index in [9.17, 15) is 4.79 Å². The van der Waals surface area contributed by atoms with Crippen molar-refractivity contribution in [3.8, 4) is 0 Å². The molecule has 4 heteroatoms. The van der Waals surface area contributed by atoms with Gasteiger partial charge in [0, 0.05) is 5.75 Å². The summed E-state index contributed by atoms with van der Waals surface area (Å²) in [5, 5.41) is 0. The van der Waals surface area contributed by atoms with E-state index >= 15 is 0 Å². The first-order chi connectivity index (χ1) is 8.27. The molecule has 0 bridgehead atoms. The molecule has 0 unspecified atom stereocenters. The van der Waals surface area contributed by atoms with Crippen LogP contribution in [0.4, 0.5) is 4.79 Å². The lowest BCUT2D eigenvalue weighted by atomic mass is 10.1. The number of rotatable bonds is 12. The molecule has 0 aromatic heterocycles. The third kappa shape index (κ3) is 15.6. The van der Waals surface area contributed by atoms with Crippen molar-refractivity contribution in [2.75, 3.05) is 5.75 Å². The second-order valence-corrected chi connectivity index (χ2v) is 5.22. The molecule has 0 atom stereocenters. The SMILES string of the molecule is CCCCCCCCCCCCSOC(N)=O. The molecule has 0 aromatic rings. The van der Waals surface area contributed by atoms with Gasteiger partial charge in [0.05, 0.1) is 12.0 Å². The van der Waals surface area contributed by atoms with E-state index < -0.39 is 6.09 Å². The quantitative estimate of drug-likeness (QED) is 0.411. The van der Waals surface area contributed by atoms with E-state index in [2.05, 4.69) is 11.1 Å². The topological polar surface area (TPSA) is 52.3 Å². The predicted octanol–water partition coefficient (Wildman–Crippen LogP) is 4.65. The zero-order chi connectivity index (χ0) is 12.8. The number of carbonyl (C=O) groups excluding carboxylic acids is 1. The largest absolute Gasteiger partial charge is 0.416 e. The molecule has 0 saturated carbocycles. The minimum atomic E-state index is -0.693. The predicted molar refractivity (Wildman–Crippen MR) is 75.0 cm³/mol. The first-order valence-corrected chi connectivity index (χ1v) is 7.77. The average Bonchev–Trinajstić information content (AvgIpc) is 2.30. The molecule has 0 aliphatic carbocycles. The van der Waals surface area contributed by atoms with Gasteiger partial charge in [0.25, 0.3) is 0 Å². The zero-order valence-electron chi connectivity index (χ0n) is 11.1. The normalized spacial score (nSPS) is 10.4. The Labute approximate surface area is 110 Å². The molecule has 17 heavy (non-hydrogen) atoms. The first-order valence-electron chi connectivity index (χ1n) is 6.86. The summed E-state index contributed by atoms with van der Waals surface area (Å²) in [6.07, 6.45) is 12.5. The lowest BCUT2D eigenvalue weighted by Crippen LogP contribution is -2.08. The maximum absolute atomic E-state index is 10.3. The highest BCUT2D eigenvalue weighted by Gasteiger charge is 1.96. The number of nitrogens with two attached hydrogens (primary N) is 1. The summed E-state index contributed by atoms with van der Waals surface area (Å²) in [6.45, 7) is 2.25. The Kier molecular flexibility index (Phi) is 13.4. The van der Waals surface area contributed by atoms with Gasteiger partial charge in [0.1, 0.15) is 0 Å². The Bertz CT molecular complexity index is 177. The molecule has 1 amide bonds. The van der Waals surface area contributed by atoms with Gasteiger partial charge < -0.3 is 9.92 Å². The lowest BCUT2D eigenvalue weighted by Gasteiger charge is -2.02. The van der Waals surface area contributed by atoms with E-state index in [1.165, 1.54) is 57.8 Å². The number of hydrogen-bond donors (Lipinski definition) is 1. The molecule has 2 N–H and O–H groups in total. The van der Waals surface area contributed by atoms with Crippen molar-refractivity contribution in [2.45, 2.75) is 71.1 Å². The van der Waals surface area contributed by atoms with Crippen molar-refractivity contribution in [1.29, 1.82) is 0 Å². The Balaban J connectivity index is 2.91. The summed E-state index contributed by atoms with van der Waals surface area (Å²) < 4.78 is 4.58. The highest BCUT2D eigenvalue weighted by molar-refractivity contribution is 7.95. The van der Waals surface area contributed by atoms with Crippen LogP contribution in [0, 0.1) is 0 Å². The zero-order valence-corrected chi connectivity index (χ0v) is 11.9.